The molecule has 1 N–H and O–H groups in total. The highest BCUT2D eigenvalue weighted by molar-refractivity contribution is 6.04. The van der Waals surface area contributed by atoms with Gasteiger partial charge in [0.05, 0.1) is 29.3 Å². The summed E-state index contributed by atoms with van der Waals surface area (Å²) in [7, 11) is 3.60. The van der Waals surface area contributed by atoms with Gasteiger partial charge in [-0.3, -0.25) is 14.2 Å². The third-order valence-electron chi connectivity index (χ3n) is 2.45. The molecule has 0 aliphatic carbocycles. The second-order valence-corrected chi connectivity index (χ2v) is 3.62. The Bertz CT molecular complexity index is 525. The van der Waals surface area contributed by atoms with Crippen molar-refractivity contribution in [2.45, 2.75) is 6.92 Å². The fourth-order valence-electron chi connectivity index (χ4n) is 1.35. The maximum Gasteiger partial charge on any atom is 0.258 e. The van der Waals surface area contributed by atoms with Gasteiger partial charge in [-0.25, -0.2) is 0 Å². The predicted molar refractivity (Wildman–Crippen MR) is 59.1 cm³/mol. The van der Waals surface area contributed by atoms with Crippen LogP contribution in [0, 0.1) is 6.92 Å². The van der Waals surface area contributed by atoms with Gasteiger partial charge in [0, 0.05) is 20.3 Å². The van der Waals surface area contributed by atoms with Gasteiger partial charge in [0.15, 0.2) is 0 Å². The highest BCUT2D eigenvalue weighted by atomic mass is 16.1. The molecule has 0 radical (unpaired) electrons. The number of anilines is 1. The lowest BCUT2D eigenvalue weighted by atomic mass is 10.3. The molecule has 0 bridgehead atoms. The van der Waals surface area contributed by atoms with Crippen molar-refractivity contribution in [3.05, 3.63) is 29.8 Å². The first-order valence-corrected chi connectivity index (χ1v) is 4.86. The van der Waals surface area contributed by atoms with Crippen LogP contribution in [0.25, 0.3) is 0 Å². The number of aromatic nitrogens is 4. The number of nitrogens with one attached hydrogen (secondary N) is 1. The molecule has 0 spiro atoms. The topological polar surface area (TPSA) is 64.7 Å². The van der Waals surface area contributed by atoms with Crippen LogP contribution in [0.5, 0.6) is 0 Å². The Balaban J connectivity index is 2.17. The zero-order valence-corrected chi connectivity index (χ0v) is 9.43. The first-order chi connectivity index (χ1) is 7.58. The number of rotatable bonds is 2. The third kappa shape index (κ3) is 1.81. The molecule has 2 rings (SSSR count). The molecule has 0 aromatic carbocycles. The average Bonchev–Trinajstić information content (AvgIpc) is 2.79. The lowest BCUT2D eigenvalue weighted by Crippen LogP contribution is -2.11. The molecule has 0 aliphatic rings. The number of hydrogen-bond donors (Lipinski definition) is 1. The van der Waals surface area contributed by atoms with Gasteiger partial charge in [-0.1, -0.05) is 0 Å². The number of carbonyl (C=O) groups is 1. The Morgan fingerprint density at radius 3 is 2.56 bits per heavy atom. The smallest absolute Gasteiger partial charge is 0.258 e. The van der Waals surface area contributed by atoms with E-state index in [0.29, 0.717) is 5.56 Å². The van der Waals surface area contributed by atoms with E-state index in [4.69, 9.17) is 0 Å². The van der Waals surface area contributed by atoms with Gasteiger partial charge in [-0.05, 0) is 6.92 Å². The number of nitrogens with zero attached hydrogens (tertiary/aromatic N) is 4. The van der Waals surface area contributed by atoms with Crippen molar-refractivity contribution >= 4 is 11.6 Å². The lowest BCUT2D eigenvalue weighted by molar-refractivity contribution is 0.102. The van der Waals surface area contributed by atoms with Crippen LogP contribution in [0.1, 0.15) is 16.1 Å². The van der Waals surface area contributed by atoms with Crippen molar-refractivity contribution in [1.82, 2.24) is 19.6 Å². The Morgan fingerprint density at radius 2 is 2.06 bits per heavy atom. The quantitative estimate of drug-likeness (QED) is 0.809. The minimum atomic E-state index is -0.177. The van der Waals surface area contributed by atoms with E-state index >= 15 is 0 Å². The van der Waals surface area contributed by atoms with Crippen LogP contribution in [0.4, 0.5) is 5.69 Å². The maximum absolute atomic E-state index is 11.8. The van der Waals surface area contributed by atoms with Crippen molar-refractivity contribution < 1.29 is 4.79 Å². The summed E-state index contributed by atoms with van der Waals surface area (Å²) >= 11 is 0. The van der Waals surface area contributed by atoms with Crippen molar-refractivity contribution in [2.24, 2.45) is 14.1 Å². The van der Waals surface area contributed by atoms with Crippen LogP contribution >= 0.6 is 0 Å². The van der Waals surface area contributed by atoms with E-state index in [1.165, 1.54) is 6.20 Å². The summed E-state index contributed by atoms with van der Waals surface area (Å²) in [5.74, 6) is -0.177. The molecule has 0 saturated heterocycles. The summed E-state index contributed by atoms with van der Waals surface area (Å²) in [6.45, 7) is 1.89. The monoisotopic (exact) mass is 219 g/mol. The van der Waals surface area contributed by atoms with E-state index in [2.05, 4.69) is 15.5 Å². The second kappa shape index (κ2) is 3.80. The molecule has 0 atom stereocenters. The van der Waals surface area contributed by atoms with Gasteiger partial charge in [-0.2, -0.15) is 10.2 Å². The van der Waals surface area contributed by atoms with E-state index in [0.717, 1.165) is 11.4 Å². The normalized spacial score (nSPS) is 10.4. The largest absolute Gasteiger partial charge is 0.319 e. The molecular formula is C10H13N5O. The second-order valence-electron chi connectivity index (χ2n) is 3.62. The van der Waals surface area contributed by atoms with E-state index in [1.807, 2.05) is 14.0 Å². The SMILES string of the molecule is Cc1c(NC(=O)c2cnn(C)c2)cnn1C. The van der Waals surface area contributed by atoms with Gasteiger partial charge in [0.1, 0.15) is 0 Å². The van der Waals surface area contributed by atoms with Crippen LogP contribution in [0.3, 0.4) is 0 Å². The fourth-order valence-corrected chi connectivity index (χ4v) is 1.35. The molecule has 2 heterocycles. The average molecular weight is 219 g/mol. The van der Waals surface area contributed by atoms with Crippen molar-refractivity contribution in [1.29, 1.82) is 0 Å². The first-order valence-electron chi connectivity index (χ1n) is 4.86. The minimum absolute atomic E-state index is 0.177. The van der Waals surface area contributed by atoms with Crippen molar-refractivity contribution in [2.75, 3.05) is 5.32 Å². The van der Waals surface area contributed by atoms with Gasteiger partial charge in [0.25, 0.3) is 5.91 Å². The van der Waals surface area contributed by atoms with Gasteiger partial charge in [-0.15, -0.1) is 0 Å². The van der Waals surface area contributed by atoms with Crippen molar-refractivity contribution in [3.63, 3.8) is 0 Å². The third-order valence-corrected chi connectivity index (χ3v) is 2.45. The molecule has 84 valence electrons. The fraction of sp³-hybridized carbons (Fsp3) is 0.300. The molecule has 0 unspecified atom stereocenters. The molecule has 6 heteroatoms. The van der Waals surface area contributed by atoms with Gasteiger partial charge < -0.3 is 5.32 Å². The Hall–Kier alpha value is -2.11. The number of carbonyl (C=O) groups excluding carboxylic acids is 1. The summed E-state index contributed by atoms with van der Waals surface area (Å²) in [6.07, 6.45) is 4.83. The summed E-state index contributed by atoms with van der Waals surface area (Å²) in [5, 5.41) is 10.8. The predicted octanol–water partition coefficient (Wildman–Crippen LogP) is 0.714. The van der Waals surface area contributed by atoms with Crippen molar-refractivity contribution in [3.8, 4) is 0 Å². The first kappa shape index (κ1) is 10.4. The summed E-state index contributed by atoms with van der Waals surface area (Å²) in [4.78, 5) is 11.8. The highest BCUT2D eigenvalue weighted by Gasteiger charge is 2.11. The van der Waals surface area contributed by atoms with E-state index in [-0.39, 0.29) is 5.91 Å². The standard InChI is InChI=1S/C10H13N5O/c1-7-9(5-12-15(7)3)13-10(16)8-4-11-14(2)6-8/h4-6H,1-3H3,(H,13,16). The van der Waals surface area contributed by atoms with Gasteiger partial charge >= 0.3 is 0 Å². The molecule has 1 amide bonds. The maximum atomic E-state index is 11.8. The van der Waals surface area contributed by atoms with Crippen LogP contribution in [-0.2, 0) is 14.1 Å². The molecule has 16 heavy (non-hydrogen) atoms. The van der Waals surface area contributed by atoms with Crippen LogP contribution < -0.4 is 5.32 Å². The molecule has 0 fully saturated rings. The molecule has 6 nitrogen and oxygen atoms in total. The molecule has 0 saturated carbocycles. The molecule has 0 aliphatic heterocycles. The zero-order valence-electron chi connectivity index (χ0n) is 9.43. The van der Waals surface area contributed by atoms with E-state index in [1.54, 1.807) is 28.8 Å². The van der Waals surface area contributed by atoms with E-state index in [9.17, 15) is 4.79 Å². The van der Waals surface area contributed by atoms with Crippen LogP contribution in [0.15, 0.2) is 18.6 Å². The van der Waals surface area contributed by atoms with E-state index < -0.39 is 0 Å². The molecular weight excluding hydrogens is 206 g/mol. The summed E-state index contributed by atoms with van der Waals surface area (Å²) in [6, 6.07) is 0. The van der Waals surface area contributed by atoms with Gasteiger partial charge in [0.2, 0.25) is 0 Å². The highest BCUT2D eigenvalue weighted by Crippen LogP contribution is 2.13. The Morgan fingerprint density at radius 1 is 1.31 bits per heavy atom. The minimum Gasteiger partial charge on any atom is -0.319 e. The Labute approximate surface area is 92.9 Å². The molecule has 2 aromatic heterocycles. The van der Waals surface area contributed by atoms with Crippen LogP contribution in [0.2, 0.25) is 0 Å². The summed E-state index contributed by atoms with van der Waals surface area (Å²) in [5.41, 5.74) is 2.17. The summed E-state index contributed by atoms with van der Waals surface area (Å²) < 4.78 is 3.30. The number of hydrogen-bond acceptors (Lipinski definition) is 3. The molecule has 2 aromatic rings. The number of amides is 1. The number of aryl methyl sites for hydroxylation is 2. The lowest BCUT2D eigenvalue weighted by Gasteiger charge is -2.01. The zero-order chi connectivity index (χ0) is 11.7. The Kier molecular flexibility index (Phi) is 2.47. The van der Waals surface area contributed by atoms with Crippen LogP contribution in [-0.4, -0.2) is 25.5 Å².